The Hall–Kier alpha value is 0.150. The average molecular weight is 226 g/mol. The maximum atomic E-state index is 8.89. The van der Waals surface area contributed by atoms with Gasteiger partial charge in [-0.05, 0) is 6.92 Å². The quantitative estimate of drug-likeness (QED) is 0.363. The fourth-order valence-electron chi connectivity index (χ4n) is 0. The van der Waals surface area contributed by atoms with Gasteiger partial charge in [0, 0.05) is 5.97 Å². The Balaban J connectivity index is -0.00000000125. The minimum Gasteiger partial charge on any atom is -0.550 e. The molecule has 11 heteroatoms. The Bertz CT molecular complexity index is 35.9. The summed E-state index contributed by atoms with van der Waals surface area (Å²) in [5.41, 5.74) is 0. The molecule has 0 radical (unpaired) electrons. The SMILES string of the molecule is CC(=O)[O-].O.O.O.O.O.O.O.O.[Na+]. The fourth-order valence-corrected chi connectivity index (χ4v) is 0. The standard InChI is InChI=1S/C2H4O2.Na.8H2O/c1-2(3)4;;;;;;;;;/h1H3,(H,3,4);;8*1H2/q;+1;;;;;;;;/p-1. The molecule has 0 aliphatic heterocycles. The van der Waals surface area contributed by atoms with E-state index >= 15 is 0 Å². The summed E-state index contributed by atoms with van der Waals surface area (Å²) in [6.07, 6.45) is 0. The van der Waals surface area contributed by atoms with Crippen LogP contribution < -0.4 is 34.7 Å². The monoisotopic (exact) mass is 226 g/mol. The first kappa shape index (κ1) is 196. The molecule has 88 valence electrons. The van der Waals surface area contributed by atoms with E-state index in [0.29, 0.717) is 0 Å². The number of rotatable bonds is 0. The van der Waals surface area contributed by atoms with Crippen LogP contribution in [-0.4, -0.2) is 49.8 Å². The van der Waals surface area contributed by atoms with Crippen molar-refractivity contribution in [1.29, 1.82) is 0 Å². The van der Waals surface area contributed by atoms with Gasteiger partial charge >= 0.3 is 29.6 Å². The second-order valence-corrected chi connectivity index (χ2v) is 0.492. The van der Waals surface area contributed by atoms with Crippen LogP contribution in [0, 0.1) is 0 Å². The van der Waals surface area contributed by atoms with Gasteiger partial charge in [-0.25, -0.2) is 0 Å². The molecule has 0 atom stereocenters. The zero-order valence-corrected chi connectivity index (χ0v) is 9.32. The molecule has 0 bridgehead atoms. The van der Waals surface area contributed by atoms with Crippen molar-refractivity contribution in [3.63, 3.8) is 0 Å². The molecule has 0 spiro atoms. The van der Waals surface area contributed by atoms with Gasteiger partial charge in [-0.1, -0.05) is 0 Å². The van der Waals surface area contributed by atoms with E-state index in [4.69, 9.17) is 9.90 Å². The van der Waals surface area contributed by atoms with Crippen molar-refractivity contribution in [3.8, 4) is 0 Å². The normalized spacial score (nSPS) is 1.92. The molecule has 0 unspecified atom stereocenters. The molecule has 0 heterocycles. The number of carbonyl (C=O) groups excluding carboxylic acids is 1. The molecular formula is C2H19NaO10. The molecular weight excluding hydrogens is 207 g/mol. The molecule has 0 saturated carbocycles. The molecule has 0 aromatic heterocycles. The minimum absolute atomic E-state index is 0. The first-order valence-corrected chi connectivity index (χ1v) is 0.908. The number of aliphatic carboxylic acids is 1. The van der Waals surface area contributed by atoms with Crippen LogP contribution in [0.1, 0.15) is 6.92 Å². The van der Waals surface area contributed by atoms with Crippen LogP contribution in [0.15, 0.2) is 0 Å². The minimum atomic E-state index is -1.08. The van der Waals surface area contributed by atoms with Crippen LogP contribution in [0.4, 0.5) is 0 Å². The van der Waals surface area contributed by atoms with Crippen molar-refractivity contribution >= 4 is 5.97 Å². The molecule has 10 nitrogen and oxygen atoms in total. The third-order valence-electron chi connectivity index (χ3n) is 0. The fraction of sp³-hybridized carbons (Fsp3) is 0.500. The Morgan fingerprint density at radius 2 is 0.769 bits per heavy atom. The molecule has 0 amide bonds. The van der Waals surface area contributed by atoms with Gasteiger partial charge in [-0.2, -0.15) is 0 Å². The summed E-state index contributed by atoms with van der Waals surface area (Å²) in [5, 5.41) is 8.89. The first-order chi connectivity index (χ1) is 1.73. The van der Waals surface area contributed by atoms with Crippen molar-refractivity contribution in [2.75, 3.05) is 0 Å². The second kappa shape index (κ2) is 152. The van der Waals surface area contributed by atoms with Gasteiger partial charge < -0.3 is 53.7 Å². The van der Waals surface area contributed by atoms with Crippen LogP contribution in [0.5, 0.6) is 0 Å². The third-order valence-corrected chi connectivity index (χ3v) is 0. The zero-order valence-electron chi connectivity index (χ0n) is 7.32. The smallest absolute Gasteiger partial charge is 0.550 e. The molecule has 0 aliphatic rings. The number of carboxylic acid groups (broad SMARTS) is 1. The van der Waals surface area contributed by atoms with Gasteiger partial charge in [-0.15, -0.1) is 0 Å². The molecule has 0 aromatic carbocycles. The van der Waals surface area contributed by atoms with Crippen molar-refractivity contribution in [2.45, 2.75) is 6.92 Å². The summed E-state index contributed by atoms with van der Waals surface area (Å²) in [7, 11) is 0. The first-order valence-electron chi connectivity index (χ1n) is 0.908. The van der Waals surface area contributed by atoms with E-state index in [1.54, 1.807) is 0 Å². The van der Waals surface area contributed by atoms with Gasteiger partial charge in [0.1, 0.15) is 0 Å². The van der Waals surface area contributed by atoms with Crippen molar-refractivity contribution in [1.82, 2.24) is 0 Å². The summed E-state index contributed by atoms with van der Waals surface area (Å²) < 4.78 is 0. The van der Waals surface area contributed by atoms with Crippen LogP contribution in [0.25, 0.3) is 0 Å². The van der Waals surface area contributed by atoms with E-state index < -0.39 is 5.97 Å². The van der Waals surface area contributed by atoms with Crippen molar-refractivity contribution in [2.24, 2.45) is 0 Å². The van der Waals surface area contributed by atoms with Crippen molar-refractivity contribution in [3.05, 3.63) is 0 Å². The van der Waals surface area contributed by atoms with E-state index in [1.165, 1.54) is 0 Å². The Labute approximate surface area is 96.3 Å². The molecule has 13 heavy (non-hydrogen) atoms. The van der Waals surface area contributed by atoms with E-state index in [0.717, 1.165) is 6.92 Å². The maximum Gasteiger partial charge on any atom is 1.00 e. The average Bonchev–Trinajstić information content (AvgIpc) is 0.811. The van der Waals surface area contributed by atoms with Crippen LogP contribution in [-0.2, 0) is 4.79 Å². The largest absolute Gasteiger partial charge is 1.00 e. The summed E-state index contributed by atoms with van der Waals surface area (Å²) in [5.74, 6) is -1.08. The topological polar surface area (TPSA) is 292 Å². The summed E-state index contributed by atoms with van der Waals surface area (Å²) >= 11 is 0. The van der Waals surface area contributed by atoms with E-state index in [9.17, 15) is 0 Å². The summed E-state index contributed by atoms with van der Waals surface area (Å²) in [4.78, 5) is 8.89. The molecule has 0 fully saturated rings. The van der Waals surface area contributed by atoms with Crippen molar-refractivity contribution < 1.29 is 83.3 Å². The Morgan fingerprint density at radius 1 is 0.769 bits per heavy atom. The number of carbonyl (C=O) groups is 1. The predicted molar refractivity (Wildman–Crippen MR) is 39.6 cm³/mol. The number of carboxylic acids is 1. The predicted octanol–water partition coefficient (Wildman–Crippen LogP) is -10.8. The summed E-state index contributed by atoms with van der Waals surface area (Å²) in [6, 6.07) is 0. The molecule has 16 N–H and O–H groups in total. The van der Waals surface area contributed by atoms with Crippen LogP contribution in [0.3, 0.4) is 0 Å². The van der Waals surface area contributed by atoms with Crippen LogP contribution in [0.2, 0.25) is 0 Å². The molecule has 0 aliphatic carbocycles. The molecule has 0 rings (SSSR count). The van der Waals surface area contributed by atoms with E-state index in [1.807, 2.05) is 0 Å². The van der Waals surface area contributed by atoms with Gasteiger partial charge in [0.15, 0.2) is 0 Å². The number of hydrogen-bond acceptors (Lipinski definition) is 2. The van der Waals surface area contributed by atoms with Gasteiger partial charge in [0.2, 0.25) is 0 Å². The van der Waals surface area contributed by atoms with Gasteiger partial charge in [0.25, 0.3) is 0 Å². The third kappa shape index (κ3) is 55600. The molecule has 0 aromatic rings. The van der Waals surface area contributed by atoms with E-state index in [-0.39, 0.29) is 73.4 Å². The Morgan fingerprint density at radius 3 is 0.769 bits per heavy atom. The van der Waals surface area contributed by atoms with Crippen LogP contribution >= 0.6 is 0 Å². The van der Waals surface area contributed by atoms with E-state index in [2.05, 4.69) is 0 Å². The second-order valence-electron chi connectivity index (χ2n) is 0.492. The van der Waals surface area contributed by atoms with Gasteiger partial charge in [-0.3, -0.25) is 0 Å². The summed E-state index contributed by atoms with van der Waals surface area (Å²) in [6.45, 7) is 0.972. The Kier molecular flexibility index (Phi) is 2290. The zero-order chi connectivity index (χ0) is 3.58. The molecule has 0 saturated heterocycles. The van der Waals surface area contributed by atoms with Gasteiger partial charge in [0.05, 0.1) is 0 Å². The maximum absolute atomic E-state index is 8.89. The number of hydrogen-bond donors (Lipinski definition) is 0.